The number of piperidine rings is 1. The van der Waals surface area contributed by atoms with E-state index in [4.69, 9.17) is 0 Å². The molecule has 4 rings (SSSR count). The minimum absolute atomic E-state index is 0.0685. The van der Waals surface area contributed by atoms with Crippen molar-refractivity contribution in [2.24, 2.45) is 0 Å². The standard InChI is InChI=1S/C22H26N4O3/c1-13-11-15-3-4-18(27)25-20(15)17(12-13)24-21(28)19-14(2)7-10-26(22(19)29)16-5-8-23-9-6-16/h7,10-12,16,23H,3-6,8-9H2,1-2H3,(H,24,28)(H,25,27). The molecule has 3 heterocycles. The number of anilines is 2. The smallest absolute Gasteiger partial charge is 0.263 e. The van der Waals surface area contributed by atoms with E-state index in [0.717, 1.165) is 37.1 Å². The molecule has 0 spiro atoms. The molecule has 3 N–H and O–H groups in total. The molecule has 7 heteroatoms. The van der Waals surface area contributed by atoms with Crippen LogP contribution in [0.15, 0.2) is 29.2 Å². The maximum Gasteiger partial charge on any atom is 0.263 e. The number of aromatic nitrogens is 1. The highest BCUT2D eigenvalue weighted by Crippen LogP contribution is 2.32. The number of nitrogens with zero attached hydrogens (tertiary/aromatic N) is 1. The summed E-state index contributed by atoms with van der Waals surface area (Å²) in [5.41, 5.74) is 3.69. The molecule has 1 saturated heterocycles. The molecular weight excluding hydrogens is 368 g/mol. The second-order valence-electron chi connectivity index (χ2n) is 7.92. The first-order valence-corrected chi connectivity index (χ1v) is 10.1. The number of nitrogens with one attached hydrogen (secondary N) is 3. The molecule has 0 saturated carbocycles. The summed E-state index contributed by atoms with van der Waals surface area (Å²) >= 11 is 0. The molecule has 2 aliphatic heterocycles. The number of carbonyl (C=O) groups excluding carboxylic acids is 2. The predicted octanol–water partition coefficient (Wildman–Crippen LogP) is 2.53. The van der Waals surface area contributed by atoms with Gasteiger partial charge in [-0.1, -0.05) is 6.07 Å². The van der Waals surface area contributed by atoms with Gasteiger partial charge in [-0.15, -0.1) is 0 Å². The first-order chi connectivity index (χ1) is 13.9. The van der Waals surface area contributed by atoms with Gasteiger partial charge in [0, 0.05) is 18.7 Å². The zero-order chi connectivity index (χ0) is 20.5. The summed E-state index contributed by atoms with van der Waals surface area (Å²) in [7, 11) is 0. The molecule has 2 amide bonds. The summed E-state index contributed by atoms with van der Waals surface area (Å²) in [4.78, 5) is 38.1. The van der Waals surface area contributed by atoms with Gasteiger partial charge in [0.25, 0.3) is 11.5 Å². The largest absolute Gasteiger partial charge is 0.324 e. The van der Waals surface area contributed by atoms with Gasteiger partial charge in [-0.3, -0.25) is 14.4 Å². The number of hydrogen-bond donors (Lipinski definition) is 3. The van der Waals surface area contributed by atoms with Gasteiger partial charge in [-0.2, -0.15) is 0 Å². The van der Waals surface area contributed by atoms with E-state index >= 15 is 0 Å². The SMILES string of the molecule is Cc1cc2c(c(NC(=O)c3c(C)ccn(C4CCNCC4)c3=O)c1)NC(=O)CC2. The number of amides is 2. The lowest BCUT2D eigenvalue weighted by Crippen LogP contribution is -2.37. The molecule has 0 radical (unpaired) electrons. The van der Waals surface area contributed by atoms with Crippen molar-refractivity contribution in [3.63, 3.8) is 0 Å². The van der Waals surface area contributed by atoms with Crippen LogP contribution in [0.5, 0.6) is 0 Å². The molecule has 1 aromatic heterocycles. The van der Waals surface area contributed by atoms with Crippen molar-refractivity contribution in [3.05, 3.63) is 57.0 Å². The van der Waals surface area contributed by atoms with E-state index in [0.29, 0.717) is 29.8 Å². The minimum Gasteiger partial charge on any atom is -0.324 e. The number of benzene rings is 1. The van der Waals surface area contributed by atoms with Crippen molar-refractivity contribution in [2.75, 3.05) is 23.7 Å². The number of pyridine rings is 1. The number of rotatable bonds is 3. The fourth-order valence-electron chi connectivity index (χ4n) is 4.23. The summed E-state index contributed by atoms with van der Waals surface area (Å²) < 4.78 is 1.69. The van der Waals surface area contributed by atoms with Gasteiger partial charge in [-0.05, 0) is 75.0 Å². The normalized spacial score (nSPS) is 16.8. The summed E-state index contributed by atoms with van der Waals surface area (Å²) in [6.45, 7) is 5.45. The van der Waals surface area contributed by atoms with Crippen LogP contribution in [0.1, 0.15) is 52.4 Å². The number of aryl methyl sites for hydroxylation is 3. The van der Waals surface area contributed by atoms with Crippen molar-refractivity contribution >= 4 is 23.2 Å². The molecule has 0 bridgehead atoms. The molecule has 0 aliphatic carbocycles. The molecule has 2 aliphatic rings. The second-order valence-corrected chi connectivity index (χ2v) is 7.92. The topological polar surface area (TPSA) is 92.2 Å². The van der Waals surface area contributed by atoms with E-state index in [-0.39, 0.29) is 23.1 Å². The Hall–Kier alpha value is -2.93. The minimum atomic E-state index is -0.441. The van der Waals surface area contributed by atoms with Gasteiger partial charge in [0.2, 0.25) is 5.91 Å². The Balaban J connectivity index is 1.69. The lowest BCUT2D eigenvalue weighted by atomic mass is 9.99. The monoisotopic (exact) mass is 394 g/mol. The highest BCUT2D eigenvalue weighted by molar-refractivity contribution is 6.08. The average molecular weight is 394 g/mol. The van der Waals surface area contributed by atoms with Crippen molar-refractivity contribution < 1.29 is 9.59 Å². The van der Waals surface area contributed by atoms with Crippen molar-refractivity contribution in [2.45, 2.75) is 45.6 Å². The Bertz CT molecular complexity index is 1040. The Morgan fingerprint density at radius 1 is 1.14 bits per heavy atom. The molecule has 1 aromatic carbocycles. The fourth-order valence-corrected chi connectivity index (χ4v) is 4.23. The third-order valence-corrected chi connectivity index (χ3v) is 5.76. The molecule has 152 valence electrons. The molecule has 1 fully saturated rings. The van der Waals surface area contributed by atoms with Gasteiger partial charge < -0.3 is 20.5 Å². The van der Waals surface area contributed by atoms with E-state index in [9.17, 15) is 14.4 Å². The van der Waals surface area contributed by atoms with Gasteiger partial charge >= 0.3 is 0 Å². The molecule has 7 nitrogen and oxygen atoms in total. The lowest BCUT2D eigenvalue weighted by molar-refractivity contribution is -0.116. The van der Waals surface area contributed by atoms with E-state index < -0.39 is 5.91 Å². The summed E-state index contributed by atoms with van der Waals surface area (Å²) in [6, 6.07) is 5.77. The molecular formula is C22H26N4O3. The van der Waals surface area contributed by atoms with Gasteiger partial charge in [-0.25, -0.2) is 0 Å². The van der Waals surface area contributed by atoms with E-state index in [1.165, 1.54) is 0 Å². The van der Waals surface area contributed by atoms with Crippen molar-refractivity contribution in [1.82, 2.24) is 9.88 Å². The third-order valence-electron chi connectivity index (χ3n) is 5.76. The van der Waals surface area contributed by atoms with Crippen LogP contribution >= 0.6 is 0 Å². The van der Waals surface area contributed by atoms with E-state index in [2.05, 4.69) is 16.0 Å². The van der Waals surface area contributed by atoms with Crippen LogP contribution in [0.4, 0.5) is 11.4 Å². The first kappa shape index (κ1) is 19.4. The Kier molecular flexibility index (Phi) is 5.24. The summed E-state index contributed by atoms with van der Waals surface area (Å²) in [5, 5.41) is 9.04. The highest BCUT2D eigenvalue weighted by atomic mass is 16.2. The van der Waals surface area contributed by atoms with Crippen LogP contribution in [-0.4, -0.2) is 29.5 Å². The van der Waals surface area contributed by atoms with Gasteiger partial charge in [0.1, 0.15) is 5.56 Å². The van der Waals surface area contributed by atoms with Crippen LogP contribution < -0.4 is 21.5 Å². The van der Waals surface area contributed by atoms with Crippen molar-refractivity contribution in [3.8, 4) is 0 Å². The van der Waals surface area contributed by atoms with Crippen LogP contribution in [0.25, 0.3) is 0 Å². The average Bonchev–Trinajstić information content (AvgIpc) is 2.69. The van der Waals surface area contributed by atoms with Crippen LogP contribution in [0, 0.1) is 13.8 Å². The number of hydrogen-bond acceptors (Lipinski definition) is 4. The third kappa shape index (κ3) is 3.82. The van der Waals surface area contributed by atoms with Crippen LogP contribution in [0.3, 0.4) is 0 Å². The molecule has 29 heavy (non-hydrogen) atoms. The zero-order valence-corrected chi connectivity index (χ0v) is 16.8. The lowest BCUT2D eigenvalue weighted by Gasteiger charge is -2.25. The van der Waals surface area contributed by atoms with Crippen LogP contribution in [-0.2, 0) is 11.2 Å². The van der Waals surface area contributed by atoms with Crippen molar-refractivity contribution in [1.29, 1.82) is 0 Å². The molecule has 0 atom stereocenters. The number of carbonyl (C=O) groups is 2. The molecule has 2 aromatic rings. The molecule has 0 unspecified atom stereocenters. The summed E-state index contributed by atoms with van der Waals surface area (Å²) in [6.07, 6.45) is 4.59. The predicted molar refractivity (Wildman–Crippen MR) is 113 cm³/mol. The Labute approximate surface area is 169 Å². The number of fused-ring (bicyclic) bond motifs is 1. The van der Waals surface area contributed by atoms with E-state index in [1.807, 2.05) is 25.1 Å². The zero-order valence-electron chi connectivity index (χ0n) is 16.8. The summed E-state index contributed by atoms with van der Waals surface area (Å²) in [5.74, 6) is -0.510. The Morgan fingerprint density at radius 3 is 2.66 bits per heavy atom. The maximum absolute atomic E-state index is 13.1. The maximum atomic E-state index is 13.1. The van der Waals surface area contributed by atoms with Crippen LogP contribution in [0.2, 0.25) is 0 Å². The van der Waals surface area contributed by atoms with Gasteiger partial charge in [0.05, 0.1) is 11.4 Å². The second kappa shape index (κ2) is 7.83. The highest BCUT2D eigenvalue weighted by Gasteiger charge is 2.24. The van der Waals surface area contributed by atoms with Gasteiger partial charge in [0.15, 0.2) is 0 Å². The van der Waals surface area contributed by atoms with E-state index in [1.54, 1.807) is 17.7 Å². The quantitative estimate of drug-likeness (QED) is 0.746. The Morgan fingerprint density at radius 2 is 1.90 bits per heavy atom. The fraction of sp³-hybridized carbons (Fsp3) is 0.409. The first-order valence-electron chi connectivity index (χ1n) is 10.1.